The van der Waals surface area contributed by atoms with E-state index in [1.165, 1.54) is 18.2 Å². The number of likely N-dealkylation sites (tertiary alicyclic amines) is 1. The van der Waals surface area contributed by atoms with Gasteiger partial charge < -0.3 is 10.0 Å². The maximum absolute atomic E-state index is 12.7. The van der Waals surface area contributed by atoms with Gasteiger partial charge in [0.15, 0.2) is 0 Å². The Balaban J connectivity index is 1.98. The molecular weight excluding hydrogens is 362 g/mol. The van der Waals surface area contributed by atoms with Crippen molar-refractivity contribution < 1.29 is 14.7 Å². The predicted octanol–water partition coefficient (Wildman–Crippen LogP) is 0.914. The van der Waals surface area contributed by atoms with Crippen molar-refractivity contribution in [1.82, 2.24) is 14.0 Å². The van der Waals surface area contributed by atoms with Gasteiger partial charge in [0.05, 0.1) is 10.9 Å². The zero-order valence-corrected chi connectivity index (χ0v) is 14.7. The van der Waals surface area contributed by atoms with E-state index in [0.29, 0.717) is 31.0 Å². The molecule has 1 N–H and O–H groups in total. The van der Waals surface area contributed by atoms with Crippen LogP contribution in [0, 0.1) is 0 Å². The van der Waals surface area contributed by atoms with Gasteiger partial charge in [-0.15, -0.1) is 0 Å². The number of amides is 1. The van der Waals surface area contributed by atoms with Crippen molar-refractivity contribution >= 4 is 34.4 Å². The molecule has 8 nitrogen and oxygen atoms in total. The fourth-order valence-corrected chi connectivity index (χ4v) is 3.41. The number of aromatic nitrogens is 2. The second-order valence-corrected chi connectivity index (χ2v) is 6.66. The number of carbonyl (C=O) groups excluding carboxylic acids is 1. The van der Waals surface area contributed by atoms with Gasteiger partial charge in [-0.05, 0) is 31.0 Å². The molecule has 1 aliphatic heterocycles. The fraction of sp³-hybridized carbons (Fsp3) is 0.412. The third kappa shape index (κ3) is 3.50. The Bertz CT molecular complexity index is 994. The van der Waals surface area contributed by atoms with Crippen molar-refractivity contribution in [2.75, 3.05) is 13.1 Å². The second-order valence-electron chi connectivity index (χ2n) is 6.22. The summed E-state index contributed by atoms with van der Waals surface area (Å²) in [5.74, 6) is -1.11. The fourth-order valence-electron chi connectivity index (χ4n) is 3.24. The van der Waals surface area contributed by atoms with Crippen molar-refractivity contribution in [2.45, 2.75) is 32.4 Å². The molecule has 0 unspecified atom stereocenters. The maximum atomic E-state index is 12.7. The molecule has 1 aromatic carbocycles. The lowest BCUT2D eigenvalue weighted by molar-refractivity contribution is -0.137. The number of carboxylic acid groups (broad SMARTS) is 1. The molecule has 0 spiro atoms. The Morgan fingerprint density at radius 3 is 2.58 bits per heavy atom. The number of carboxylic acids is 1. The van der Waals surface area contributed by atoms with Gasteiger partial charge in [0.2, 0.25) is 5.91 Å². The normalized spacial score (nSPS) is 14.3. The van der Waals surface area contributed by atoms with Crippen molar-refractivity contribution in [1.29, 1.82) is 0 Å². The zero-order valence-electron chi connectivity index (χ0n) is 14.0. The summed E-state index contributed by atoms with van der Waals surface area (Å²) in [5, 5.41) is 9.61. The van der Waals surface area contributed by atoms with Gasteiger partial charge in [0.1, 0.15) is 6.54 Å². The van der Waals surface area contributed by atoms with Crippen LogP contribution in [0.15, 0.2) is 27.8 Å². The molecule has 0 saturated carbocycles. The lowest BCUT2D eigenvalue weighted by Gasteiger charge is -2.16. The first-order valence-corrected chi connectivity index (χ1v) is 8.69. The molecule has 1 amide bonds. The molecule has 0 radical (unpaired) electrons. The summed E-state index contributed by atoms with van der Waals surface area (Å²) in [6.07, 6.45) is 1.78. The van der Waals surface area contributed by atoms with Crippen LogP contribution in [0.1, 0.15) is 19.3 Å². The van der Waals surface area contributed by atoms with Crippen LogP contribution in [0.3, 0.4) is 0 Å². The average Bonchev–Trinajstić information content (AvgIpc) is 2.99. The molecular formula is C17H18ClN3O5. The lowest BCUT2D eigenvalue weighted by atomic mass is 10.2. The molecule has 9 heteroatoms. The number of hydrogen-bond acceptors (Lipinski definition) is 4. The number of fused-ring (bicyclic) bond motifs is 1. The smallest absolute Gasteiger partial charge is 0.332 e. The number of aliphatic carboxylic acids is 1. The molecule has 138 valence electrons. The second kappa shape index (κ2) is 7.33. The standard InChI is InChI=1S/C17H18ClN3O5/c18-11-4-5-13-12(9-11)16(25)20(17(26)21(13)10-15(23)24)8-2-7-19-6-1-3-14(19)22/h4-5,9H,1-3,6-8,10H2,(H,23,24). The van der Waals surface area contributed by atoms with Crippen LogP contribution in [-0.4, -0.2) is 44.1 Å². The first-order valence-electron chi connectivity index (χ1n) is 8.31. The number of nitrogens with zero attached hydrogens (tertiary/aromatic N) is 3. The maximum Gasteiger partial charge on any atom is 0.332 e. The minimum Gasteiger partial charge on any atom is -0.480 e. The van der Waals surface area contributed by atoms with Crippen LogP contribution in [0.25, 0.3) is 10.9 Å². The van der Waals surface area contributed by atoms with Gasteiger partial charge in [-0.3, -0.25) is 23.5 Å². The summed E-state index contributed by atoms with van der Waals surface area (Å²) >= 11 is 5.95. The molecule has 1 fully saturated rings. The van der Waals surface area contributed by atoms with Gasteiger partial charge in [-0.1, -0.05) is 11.6 Å². The van der Waals surface area contributed by atoms with E-state index in [4.69, 9.17) is 16.7 Å². The van der Waals surface area contributed by atoms with Gasteiger partial charge in [0, 0.05) is 31.1 Å². The summed E-state index contributed by atoms with van der Waals surface area (Å²) in [6, 6.07) is 4.40. The topological polar surface area (TPSA) is 102 Å². The van der Waals surface area contributed by atoms with Crippen molar-refractivity contribution in [2.24, 2.45) is 0 Å². The zero-order chi connectivity index (χ0) is 18.8. The van der Waals surface area contributed by atoms with E-state index in [-0.39, 0.29) is 23.4 Å². The number of rotatable bonds is 6. The first kappa shape index (κ1) is 18.2. The summed E-state index contributed by atoms with van der Waals surface area (Å²) in [5.41, 5.74) is -0.959. The van der Waals surface area contributed by atoms with E-state index in [1.54, 1.807) is 4.90 Å². The van der Waals surface area contributed by atoms with Crippen molar-refractivity contribution in [3.8, 4) is 0 Å². The van der Waals surface area contributed by atoms with Crippen LogP contribution in [-0.2, 0) is 22.7 Å². The van der Waals surface area contributed by atoms with Gasteiger partial charge in [0.25, 0.3) is 5.56 Å². The molecule has 1 aromatic heterocycles. The Hall–Kier alpha value is -2.61. The Morgan fingerprint density at radius 1 is 1.15 bits per heavy atom. The third-order valence-electron chi connectivity index (χ3n) is 4.46. The highest BCUT2D eigenvalue weighted by Crippen LogP contribution is 2.15. The minimum absolute atomic E-state index is 0.0749. The van der Waals surface area contributed by atoms with E-state index >= 15 is 0 Å². The number of benzene rings is 1. The Labute approximate surface area is 153 Å². The number of halogens is 1. The lowest BCUT2D eigenvalue weighted by Crippen LogP contribution is -2.41. The van der Waals surface area contributed by atoms with Gasteiger partial charge in [-0.25, -0.2) is 4.79 Å². The van der Waals surface area contributed by atoms with Crippen molar-refractivity contribution in [3.05, 3.63) is 44.1 Å². The first-order chi connectivity index (χ1) is 12.4. The molecule has 1 saturated heterocycles. The highest BCUT2D eigenvalue weighted by Gasteiger charge is 2.20. The molecule has 0 bridgehead atoms. The monoisotopic (exact) mass is 379 g/mol. The van der Waals surface area contributed by atoms with E-state index < -0.39 is 23.8 Å². The predicted molar refractivity (Wildman–Crippen MR) is 95.5 cm³/mol. The minimum atomic E-state index is -1.18. The summed E-state index contributed by atoms with van der Waals surface area (Å²) < 4.78 is 2.07. The molecule has 0 atom stereocenters. The summed E-state index contributed by atoms with van der Waals surface area (Å²) in [4.78, 5) is 49.9. The van der Waals surface area contributed by atoms with Crippen molar-refractivity contribution in [3.63, 3.8) is 0 Å². The summed E-state index contributed by atoms with van der Waals surface area (Å²) in [6.45, 7) is 0.687. The molecule has 2 heterocycles. The van der Waals surface area contributed by atoms with Crippen LogP contribution in [0.5, 0.6) is 0 Å². The van der Waals surface area contributed by atoms with Gasteiger partial charge >= 0.3 is 11.7 Å². The van der Waals surface area contributed by atoms with Crippen LogP contribution in [0.4, 0.5) is 0 Å². The average molecular weight is 380 g/mol. The number of carbonyl (C=O) groups is 2. The third-order valence-corrected chi connectivity index (χ3v) is 4.70. The van der Waals surface area contributed by atoms with E-state index in [1.807, 2.05) is 0 Å². The van der Waals surface area contributed by atoms with E-state index in [9.17, 15) is 19.2 Å². The summed E-state index contributed by atoms with van der Waals surface area (Å²) in [7, 11) is 0. The molecule has 0 aliphatic carbocycles. The van der Waals surface area contributed by atoms with E-state index in [0.717, 1.165) is 15.6 Å². The highest BCUT2D eigenvalue weighted by atomic mass is 35.5. The molecule has 2 aromatic rings. The Morgan fingerprint density at radius 2 is 1.92 bits per heavy atom. The molecule has 1 aliphatic rings. The van der Waals surface area contributed by atoms with Crippen LogP contribution in [0.2, 0.25) is 5.02 Å². The highest BCUT2D eigenvalue weighted by molar-refractivity contribution is 6.31. The van der Waals surface area contributed by atoms with Crippen LogP contribution >= 0.6 is 11.6 Å². The molecule has 3 rings (SSSR count). The largest absolute Gasteiger partial charge is 0.480 e. The number of hydrogen-bond donors (Lipinski definition) is 1. The van der Waals surface area contributed by atoms with Crippen LogP contribution < -0.4 is 11.2 Å². The van der Waals surface area contributed by atoms with E-state index in [2.05, 4.69) is 0 Å². The SMILES string of the molecule is O=C(O)Cn1c(=O)n(CCCN2CCCC2=O)c(=O)c2cc(Cl)ccc21. The molecule has 26 heavy (non-hydrogen) atoms. The quantitative estimate of drug-likeness (QED) is 0.804. The Kier molecular flexibility index (Phi) is 5.13. The van der Waals surface area contributed by atoms with Gasteiger partial charge in [-0.2, -0.15) is 0 Å².